The predicted molar refractivity (Wildman–Crippen MR) is 93.4 cm³/mol. The molecule has 0 radical (unpaired) electrons. The molecule has 6 heteroatoms. The van der Waals surface area contributed by atoms with E-state index in [1.54, 1.807) is 11.1 Å². The van der Waals surface area contributed by atoms with E-state index in [4.69, 9.17) is 0 Å². The van der Waals surface area contributed by atoms with Crippen molar-refractivity contribution < 1.29 is 9.59 Å². The van der Waals surface area contributed by atoms with E-state index >= 15 is 0 Å². The molecule has 1 aliphatic rings. The molecular formula is C17H27N3O2S. The minimum atomic E-state index is -0.368. The number of nitrogens with one attached hydrogen (secondary N) is 1. The van der Waals surface area contributed by atoms with Crippen LogP contribution in [0.2, 0.25) is 0 Å². The molecule has 0 unspecified atom stereocenters. The van der Waals surface area contributed by atoms with Crippen LogP contribution in [0.5, 0.6) is 0 Å². The Bertz CT molecular complexity index is 516. The Hall–Kier alpha value is -1.43. The van der Waals surface area contributed by atoms with Gasteiger partial charge in [0.25, 0.3) is 0 Å². The number of hydrogen-bond acceptors (Lipinski definition) is 4. The van der Waals surface area contributed by atoms with Crippen LogP contribution in [0.1, 0.15) is 59.3 Å². The van der Waals surface area contributed by atoms with Crippen LogP contribution in [0.3, 0.4) is 0 Å². The summed E-state index contributed by atoms with van der Waals surface area (Å²) in [5, 5.41) is 5.13. The Morgan fingerprint density at radius 1 is 1.35 bits per heavy atom. The number of amides is 2. The quantitative estimate of drug-likeness (QED) is 0.861. The van der Waals surface area contributed by atoms with E-state index < -0.39 is 0 Å². The Balaban J connectivity index is 1.90. The lowest BCUT2D eigenvalue weighted by Crippen LogP contribution is -2.49. The molecule has 0 saturated heterocycles. The number of carbonyl (C=O) groups excluding carboxylic acids is 2. The molecule has 0 bridgehead atoms. The molecule has 5 nitrogen and oxygen atoms in total. The van der Waals surface area contributed by atoms with Crippen molar-refractivity contribution in [1.82, 2.24) is 9.88 Å². The first-order valence-corrected chi connectivity index (χ1v) is 9.24. The SMILES string of the molecule is CC(C)(C)N(CC(=O)Nc1nccs1)C(=O)CCC1CCCC1. The average molecular weight is 337 g/mol. The molecule has 1 aliphatic carbocycles. The van der Waals surface area contributed by atoms with Gasteiger partial charge in [-0.1, -0.05) is 25.7 Å². The lowest BCUT2D eigenvalue weighted by atomic mass is 9.99. The maximum absolute atomic E-state index is 12.6. The summed E-state index contributed by atoms with van der Waals surface area (Å²) in [4.78, 5) is 30.5. The van der Waals surface area contributed by atoms with Gasteiger partial charge in [-0.2, -0.15) is 0 Å². The molecule has 2 rings (SSSR count). The second-order valence-corrected chi connectivity index (χ2v) is 8.12. The van der Waals surface area contributed by atoms with Crippen LogP contribution in [0.4, 0.5) is 5.13 Å². The molecule has 0 spiro atoms. The highest BCUT2D eigenvalue weighted by atomic mass is 32.1. The van der Waals surface area contributed by atoms with Crippen LogP contribution in [0.15, 0.2) is 11.6 Å². The average Bonchev–Trinajstić information content (AvgIpc) is 3.14. The third kappa shape index (κ3) is 5.61. The van der Waals surface area contributed by atoms with Crippen molar-refractivity contribution in [1.29, 1.82) is 0 Å². The van der Waals surface area contributed by atoms with E-state index in [0.29, 0.717) is 17.5 Å². The number of hydrogen-bond donors (Lipinski definition) is 1. The normalized spacial score (nSPS) is 15.6. The Morgan fingerprint density at radius 2 is 2.04 bits per heavy atom. The smallest absolute Gasteiger partial charge is 0.245 e. The lowest BCUT2D eigenvalue weighted by Gasteiger charge is -2.35. The number of rotatable bonds is 6. The van der Waals surface area contributed by atoms with Gasteiger partial charge in [-0.05, 0) is 33.1 Å². The molecule has 0 atom stereocenters. The zero-order valence-corrected chi connectivity index (χ0v) is 15.1. The fourth-order valence-corrected chi connectivity index (χ4v) is 3.59. The van der Waals surface area contributed by atoms with Crippen molar-refractivity contribution in [2.24, 2.45) is 5.92 Å². The second kappa shape index (κ2) is 7.90. The van der Waals surface area contributed by atoms with Crippen molar-refractivity contribution in [2.75, 3.05) is 11.9 Å². The van der Waals surface area contributed by atoms with E-state index in [1.807, 2.05) is 26.2 Å². The van der Waals surface area contributed by atoms with Gasteiger partial charge in [0.1, 0.15) is 6.54 Å². The second-order valence-electron chi connectivity index (χ2n) is 7.23. The van der Waals surface area contributed by atoms with Crippen LogP contribution < -0.4 is 5.32 Å². The topological polar surface area (TPSA) is 62.3 Å². The zero-order valence-electron chi connectivity index (χ0n) is 14.3. The molecule has 0 aromatic carbocycles. The van der Waals surface area contributed by atoms with Gasteiger partial charge in [0, 0.05) is 23.5 Å². The molecule has 1 saturated carbocycles. The highest BCUT2D eigenvalue weighted by Crippen LogP contribution is 2.29. The summed E-state index contributed by atoms with van der Waals surface area (Å²) in [5.74, 6) is 0.563. The first-order valence-electron chi connectivity index (χ1n) is 8.36. The molecule has 1 heterocycles. The molecule has 0 aliphatic heterocycles. The predicted octanol–water partition coefficient (Wildman–Crippen LogP) is 3.68. The van der Waals surface area contributed by atoms with Crippen molar-refractivity contribution in [3.8, 4) is 0 Å². The van der Waals surface area contributed by atoms with Gasteiger partial charge in [-0.25, -0.2) is 4.98 Å². The van der Waals surface area contributed by atoms with Gasteiger partial charge >= 0.3 is 0 Å². The summed E-state index contributed by atoms with van der Waals surface area (Å²) < 4.78 is 0. The van der Waals surface area contributed by atoms with E-state index in [9.17, 15) is 9.59 Å². The van der Waals surface area contributed by atoms with Crippen LogP contribution in [0.25, 0.3) is 0 Å². The number of thiazole rings is 1. The number of anilines is 1. The van der Waals surface area contributed by atoms with Gasteiger partial charge in [0.15, 0.2) is 5.13 Å². The highest BCUT2D eigenvalue weighted by molar-refractivity contribution is 7.13. The third-order valence-electron chi connectivity index (χ3n) is 4.33. The van der Waals surface area contributed by atoms with Crippen LogP contribution >= 0.6 is 11.3 Å². The van der Waals surface area contributed by atoms with Gasteiger partial charge < -0.3 is 10.2 Å². The van der Waals surface area contributed by atoms with Gasteiger partial charge in [0.2, 0.25) is 11.8 Å². The standard InChI is InChI=1S/C17H27N3O2S/c1-17(2,3)20(12-14(21)19-16-18-10-11-23-16)15(22)9-8-13-6-4-5-7-13/h10-11,13H,4-9,12H2,1-3H3,(H,18,19,21). The summed E-state index contributed by atoms with van der Waals surface area (Å²) >= 11 is 1.37. The molecular weight excluding hydrogens is 310 g/mol. The van der Waals surface area contributed by atoms with E-state index in [2.05, 4.69) is 10.3 Å². The minimum Gasteiger partial charge on any atom is -0.329 e. The summed E-state index contributed by atoms with van der Waals surface area (Å²) in [7, 11) is 0. The first-order chi connectivity index (χ1) is 10.9. The number of carbonyl (C=O) groups is 2. The summed E-state index contributed by atoms with van der Waals surface area (Å²) in [6, 6.07) is 0. The lowest BCUT2D eigenvalue weighted by molar-refractivity contribution is -0.139. The van der Waals surface area contributed by atoms with Crippen molar-refractivity contribution >= 4 is 28.3 Å². The van der Waals surface area contributed by atoms with Gasteiger partial charge in [0.05, 0.1) is 0 Å². The van der Waals surface area contributed by atoms with Gasteiger partial charge in [-0.15, -0.1) is 11.3 Å². The molecule has 23 heavy (non-hydrogen) atoms. The summed E-state index contributed by atoms with van der Waals surface area (Å²) in [6.07, 6.45) is 8.19. The monoisotopic (exact) mass is 337 g/mol. The van der Waals surface area contributed by atoms with E-state index in [-0.39, 0.29) is 23.9 Å². The molecule has 2 amide bonds. The summed E-state index contributed by atoms with van der Waals surface area (Å²) in [5.41, 5.74) is -0.368. The maximum atomic E-state index is 12.6. The van der Waals surface area contributed by atoms with Gasteiger partial charge in [-0.3, -0.25) is 9.59 Å². The van der Waals surface area contributed by atoms with E-state index in [0.717, 1.165) is 6.42 Å². The van der Waals surface area contributed by atoms with Crippen LogP contribution in [-0.4, -0.2) is 33.8 Å². The number of nitrogens with zero attached hydrogens (tertiary/aromatic N) is 2. The molecule has 1 fully saturated rings. The van der Waals surface area contributed by atoms with Crippen molar-refractivity contribution in [3.63, 3.8) is 0 Å². The highest BCUT2D eigenvalue weighted by Gasteiger charge is 2.29. The summed E-state index contributed by atoms with van der Waals surface area (Å²) in [6.45, 7) is 5.98. The van der Waals surface area contributed by atoms with Crippen LogP contribution in [0, 0.1) is 5.92 Å². The van der Waals surface area contributed by atoms with Crippen LogP contribution in [-0.2, 0) is 9.59 Å². The molecule has 1 N–H and O–H groups in total. The van der Waals surface area contributed by atoms with Crippen molar-refractivity contribution in [3.05, 3.63) is 11.6 Å². The maximum Gasteiger partial charge on any atom is 0.245 e. The van der Waals surface area contributed by atoms with Crippen molar-refractivity contribution in [2.45, 2.75) is 64.8 Å². The third-order valence-corrected chi connectivity index (χ3v) is 5.02. The Kier molecular flexibility index (Phi) is 6.16. The Morgan fingerprint density at radius 3 is 2.61 bits per heavy atom. The number of aromatic nitrogens is 1. The molecule has 1 aromatic rings. The fourth-order valence-electron chi connectivity index (χ4n) is 3.05. The molecule has 1 aromatic heterocycles. The molecule has 128 valence electrons. The minimum absolute atomic E-state index is 0.0682. The zero-order chi connectivity index (χ0) is 16.9. The first kappa shape index (κ1) is 17.9. The largest absolute Gasteiger partial charge is 0.329 e. The Labute approximate surface area is 142 Å². The fraction of sp³-hybridized carbons (Fsp3) is 0.706. The van der Waals surface area contributed by atoms with E-state index in [1.165, 1.54) is 37.0 Å².